The van der Waals surface area contributed by atoms with Gasteiger partial charge in [-0.05, 0) is 26.7 Å². The summed E-state index contributed by atoms with van der Waals surface area (Å²) in [6, 6.07) is -0.112. The molecule has 1 aliphatic carbocycles. The molecule has 2 unspecified atom stereocenters. The van der Waals surface area contributed by atoms with E-state index in [0.29, 0.717) is 6.42 Å². The van der Waals surface area contributed by atoms with Crippen LogP contribution in [0.15, 0.2) is 0 Å². The Labute approximate surface area is 103 Å². The van der Waals surface area contributed by atoms with E-state index >= 15 is 0 Å². The molecule has 6 heteroatoms. The predicted molar refractivity (Wildman–Crippen MR) is 65.7 cm³/mol. The molecule has 0 aromatic heterocycles. The lowest BCUT2D eigenvalue weighted by molar-refractivity contribution is -0.139. The first-order valence-corrected chi connectivity index (χ1v) is 7.85. The summed E-state index contributed by atoms with van der Waals surface area (Å²) in [6.07, 6.45) is 3.51. The number of carboxylic acid groups (broad SMARTS) is 1. The molecule has 1 aliphatic rings. The molecule has 1 saturated carbocycles. The highest BCUT2D eigenvalue weighted by molar-refractivity contribution is 7.91. The van der Waals surface area contributed by atoms with Crippen molar-refractivity contribution in [2.75, 3.05) is 12.8 Å². The minimum atomic E-state index is -3.10. The number of rotatable bonds is 5. The van der Waals surface area contributed by atoms with Crippen LogP contribution in [0.4, 0.5) is 0 Å². The lowest BCUT2D eigenvalue weighted by atomic mass is 10.1. The van der Waals surface area contributed by atoms with Crippen molar-refractivity contribution >= 4 is 15.8 Å². The van der Waals surface area contributed by atoms with Gasteiger partial charge in [-0.2, -0.15) is 0 Å². The van der Waals surface area contributed by atoms with Gasteiger partial charge in [-0.25, -0.2) is 8.42 Å². The van der Waals surface area contributed by atoms with E-state index in [9.17, 15) is 13.2 Å². The van der Waals surface area contributed by atoms with Gasteiger partial charge in [-0.15, -0.1) is 0 Å². The van der Waals surface area contributed by atoms with Crippen LogP contribution in [0.25, 0.3) is 0 Å². The summed E-state index contributed by atoms with van der Waals surface area (Å²) in [6.45, 7) is 3.72. The largest absolute Gasteiger partial charge is 0.480 e. The van der Waals surface area contributed by atoms with Gasteiger partial charge in [0.15, 0.2) is 9.84 Å². The predicted octanol–water partition coefficient (Wildman–Crippen LogP) is 0.747. The zero-order valence-electron chi connectivity index (χ0n) is 10.6. The standard InChI is InChI=1S/C11H21NO4S/c1-8(2)12(7-11(13)14)9-5-4-6-10(9)17(3,15)16/h8-10H,4-7H2,1-3H3,(H,13,14). The molecule has 0 radical (unpaired) electrons. The van der Waals surface area contributed by atoms with Crippen molar-refractivity contribution in [2.24, 2.45) is 0 Å². The molecule has 0 spiro atoms. The molecule has 2 atom stereocenters. The third-order valence-electron chi connectivity index (χ3n) is 3.37. The van der Waals surface area contributed by atoms with Crippen LogP contribution in [0, 0.1) is 0 Å². The molecule has 0 aromatic rings. The molecular weight excluding hydrogens is 242 g/mol. The Kier molecular flexibility index (Phi) is 4.55. The average molecular weight is 263 g/mol. The maximum absolute atomic E-state index is 11.7. The summed E-state index contributed by atoms with van der Waals surface area (Å²) >= 11 is 0. The fraction of sp³-hybridized carbons (Fsp3) is 0.909. The number of carboxylic acids is 1. The number of carbonyl (C=O) groups is 1. The van der Waals surface area contributed by atoms with Gasteiger partial charge in [0.2, 0.25) is 0 Å². The maximum atomic E-state index is 11.7. The second-order valence-corrected chi connectivity index (χ2v) is 7.29. The van der Waals surface area contributed by atoms with Crippen molar-refractivity contribution in [3.8, 4) is 0 Å². The highest BCUT2D eigenvalue weighted by atomic mass is 32.2. The molecule has 0 amide bonds. The van der Waals surface area contributed by atoms with Crippen molar-refractivity contribution in [2.45, 2.75) is 50.4 Å². The van der Waals surface area contributed by atoms with Crippen molar-refractivity contribution in [1.82, 2.24) is 4.90 Å². The van der Waals surface area contributed by atoms with Crippen LogP contribution >= 0.6 is 0 Å². The van der Waals surface area contributed by atoms with Gasteiger partial charge in [0, 0.05) is 18.3 Å². The Morgan fingerprint density at radius 2 is 2.00 bits per heavy atom. The highest BCUT2D eigenvalue weighted by Gasteiger charge is 2.39. The monoisotopic (exact) mass is 263 g/mol. The van der Waals surface area contributed by atoms with Crippen molar-refractivity contribution < 1.29 is 18.3 Å². The lowest BCUT2D eigenvalue weighted by Crippen LogP contribution is -2.49. The SMILES string of the molecule is CC(C)N(CC(=O)O)C1CCCC1S(C)(=O)=O. The molecule has 1 rings (SSSR count). The van der Waals surface area contributed by atoms with E-state index in [4.69, 9.17) is 5.11 Å². The Balaban J connectivity index is 2.90. The van der Waals surface area contributed by atoms with E-state index in [1.807, 2.05) is 13.8 Å². The average Bonchev–Trinajstić information content (AvgIpc) is 2.60. The molecule has 0 heterocycles. The second-order valence-electron chi connectivity index (χ2n) is 5.03. The number of nitrogens with zero attached hydrogens (tertiary/aromatic N) is 1. The van der Waals surface area contributed by atoms with Crippen molar-refractivity contribution in [3.05, 3.63) is 0 Å². The normalized spacial score (nSPS) is 25.7. The van der Waals surface area contributed by atoms with Crippen LogP contribution in [0.2, 0.25) is 0 Å². The molecule has 5 nitrogen and oxygen atoms in total. The number of hydrogen-bond donors (Lipinski definition) is 1. The van der Waals surface area contributed by atoms with E-state index < -0.39 is 21.1 Å². The van der Waals surface area contributed by atoms with E-state index in [1.165, 1.54) is 6.26 Å². The summed E-state index contributed by atoms with van der Waals surface area (Å²) < 4.78 is 23.4. The number of hydrogen-bond acceptors (Lipinski definition) is 4. The lowest BCUT2D eigenvalue weighted by Gasteiger charge is -2.34. The smallest absolute Gasteiger partial charge is 0.317 e. The molecule has 17 heavy (non-hydrogen) atoms. The van der Waals surface area contributed by atoms with Crippen molar-refractivity contribution in [3.63, 3.8) is 0 Å². The second kappa shape index (κ2) is 5.35. The fourth-order valence-electron chi connectivity index (χ4n) is 2.62. The third-order valence-corrected chi connectivity index (χ3v) is 5.02. The van der Waals surface area contributed by atoms with E-state index in [2.05, 4.69) is 0 Å². The molecular formula is C11H21NO4S. The Hall–Kier alpha value is -0.620. The molecule has 100 valence electrons. The fourth-order valence-corrected chi connectivity index (χ4v) is 4.08. The molecule has 1 fully saturated rings. The van der Waals surface area contributed by atoms with Crippen LogP contribution in [0.3, 0.4) is 0 Å². The first kappa shape index (κ1) is 14.4. The number of sulfone groups is 1. The zero-order valence-corrected chi connectivity index (χ0v) is 11.4. The summed E-state index contributed by atoms with van der Waals surface area (Å²) in [4.78, 5) is 12.6. The summed E-state index contributed by atoms with van der Waals surface area (Å²) in [5.41, 5.74) is 0. The Morgan fingerprint density at radius 1 is 1.41 bits per heavy atom. The summed E-state index contributed by atoms with van der Waals surface area (Å²) in [5.74, 6) is -0.905. The highest BCUT2D eigenvalue weighted by Crippen LogP contribution is 2.30. The Bertz CT molecular complexity index is 377. The maximum Gasteiger partial charge on any atom is 0.317 e. The van der Waals surface area contributed by atoms with Crippen molar-refractivity contribution in [1.29, 1.82) is 0 Å². The Morgan fingerprint density at radius 3 is 2.41 bits per heavy atom. The molecule has 0 bridgehead atoms. The van der Waals surface area contributed by atoms with Gasteiger partial charge >= 0.3 is 5.97 Å². The van der Waals surface area contributed by atoms with Gasteiger partial charge in [-0.1, -0.05) is 6.42 Å². The minimum absolute atomic E-state index is 0.0402. The first-order chi connectivity index (χ1) is 7.73. The van der Waals surface area contributed by atoms with Crippen LogP contribution in [-0.2, 0) is 14.6 Å². The van der Waals surface area contributed by atoms with Gasteiger partial charge < -0.3 is 5.11 Å². The summed E-state index contributed by atoms with van der Waals surface area (Å²) in [5, 5.41) is 8.48. The molecule has 0 saturated heterocycles. The van der Waals surface area contributed by atoms with Crippen LogP contribution < -0.4 is 0 Å². The zero-order chi connectivity index (χ0) is 13.2. The van der Waals surface area contributed by atoms with Crippen LogP contribution in [0.5, 0.6) is 0 Å². The van der Waals surface area contributed by atoms with Gasteiger partial charge in [0.05, 0.1) is 11.8 Å². The van der Waals surface area contributed by atoms with Crippen LogP contribution in [0.1, 0.15) is 33.1 Å². The van der Waals surface area contributed by atoms with Crippen LogP contribution in [-0.4, -0.2) is 54.5 Å². The van der Waals surface area contributed by atoms with Gasteiger partial charge in [0.25, 0.3) is 0 Å². The third kappa shape index (κ3) is 3.67. The number of aliphatic carboxylic acids is 1. The molecule has 0 aliphatic heterocycles. The van der Waals surface area contributed by atoms with Gasteiger partial charge in [0.1, 0.15) is 0 Å². The quantitative estimate of drug-likeness (QED) is 0.792. The van der Waals surface area contributed by atoms with E-state index in [-0.39, 0.29) is 18.6 Å². The molecule has 1 N–H and O–H groups in total. The van der Waals surface area contributed by atoms with E-state index in [1.54, 1.807) is 4.90 Å². The topological polar surface area (TPSA) is 74.7 Å². The minimum Gasteiger partial charge on any atom is -0.480 e. The molecule has 0 aromatic carbocycles. The van der Waals surface area contributed by atoms with Gasteiger partial charge in [-0.3, -0.25) is 9.69 Å². The van der Waals surface area contributed by atoms with E-state index in [0.717, 1.165) is 12.8 Å². The first-order valence-electron chi connectivity index (χ1n) is 5.90. The summed E-state index contributed by atoms with van der Waals surface area (Å²) in [7, 11) is -3.10.